The minimum absolute atomic E-state index is 0.143. The van der Waals surface area contributed by atoms with Crippen LogP contribution in [0.25, 0.3) is 16.6 Å². The number of nitrogens with zero attached hydrogens (tertiary/aromatic N) is 2. The van der Waals surface area contributed by atoms with Crippen molar-refractivity contribution in [2.24, 2.45) is 5.73 Å². The summed E-state index contributed by atoms with van der Waals surface area (Å²) in [7, 11) is 1.58. The average Bonchev–Trinajstić information content (AvgIpc) is 2.99. The molecule has 0 aliphatic rings. The van der Waals surface area contributed by atoms with Gasteiger partial charge in [0.1, 0.15) is 0 Å². The van der Waals surface area contributed by atoms with Crippen LogP contribution < -0.4 is 16.8 Å². The molecule has 7 nitrogen and oxygen atoms in total. The number of hydrogen-bond donors (Lipinski definition) is 3. The first-order valence-electron chi connectivity index (χ1n) is 6.90. The van der Waals surface area contributed by atoms with Crippen molar-refractivity contribution in [2.75, 3.05) is 12.8 Å². The number of amides is 2. The van der Waals surface area contributed by atoms with E-state index in [1.807, 2.05) is 18.2 Å². The lowest BCUT2D eigenvalue weighted by Gasteiger charge is -2.02. The molecule has 0 aliphatic carbocycles. The van der Waals surface area contributed by atoms with E-state index in [0.29, 0.717) is 16.8 Å². The van der Waals surface area contributed by atoms with Crippen molar-refractivity contribution in [3.63, 3.8) is 0 Å². The molecule has 3 aromatic rings. The number of nitrogens with one attached hydrogen (secondary N) is 1. The number of aromatic nitrogens is 2. The molecule has 116 valence electrons. The molecule has 23 heavy (non-hydrogen) atoms. The van der Waals surface area contributed by atoms with Crippen LogP contribution in [0.4, 0.5) is 5.69 Å². The van der Waals surface area contributed by atoms with E-state index in [9.17, 15) is 9.59 Å². The number of benzene rings is 1. The molecule has 0 unspecified atom stereocenters. The highest BCUT2D eigenvalue weighted by molar-refractivity contribution is 6.01. The summed E-state index contributed by atoms with van der Waals surface area (Å²) in [6.07, 6.45) is 3.15. The van der Waals surface area contributed by atoms with Gasteiger partial charge in [-0.2, -0.15) is 5.10 Å². The highest BCUT2D eigenvalue weighted by Crippen LogP contribution is 2.26. The van der Waals surface area contributed by atoms with E-state index in [0.717, 1.165) is 11.1 Å². The lowest BCUT2D eigenvalue weighted by Crippen LogP contribution is -2.17. The van der Waals surface area contributed by atoms with E-state index >= 15 is 0 Å². The number of fused-ring (bicyclic) bond motifs is 1. The highest BCUT2D eigenvalue weighted by atomic mass is 16.1. The smallest absolute Gasteiger partial charge is 0.252 e. The van der Waals surface area contributed by atoms with Gasteiger partial charge in [-0.1, -0.05) is 12.1 Å². The van der Waals surface area contributed by atoms with Crippen molar-refractivity contribution < 1.29 is 9.59 Å². The summed E-state index contributed by atoms with van der Waals surface area (Å²) in [5.41, 5.74) is 14.7. The predicted molar refractivity (Wildman–Crippen MR) is 86.9 cm³/mol. The van der Waals surface area contributed by atoms with Crippen LogP contribution in [0.1, 0.15) is 20.7 Å². The van der Waals surface area contributed by atoms with Gasteiger partial charge in [0.25, 0.3) is 11.8 Å². The van der Waals surface area contributed by atoms with Crippen molar-refractivity contribution in [1.82, 2.24) is 14.9 Å². The first-order chi connectivity index (χ1) is 11.0. The molecule has 1 aromatic carbocycles. The molecule has 0 saturated heterocycles. The van der Waals surface area contributed by atoms with E-state index < -0.39 is 5.91 Å². The molecule has 0 spiro atoms. The zero-order valence-corrected chi connectivity index (χ0v) is 12.4. The Morgan fingerprint density at radius 2 is 1.87 bits per heavy atom. The van der Waals surface area contributed by atoms with Crippen LogP contribution in [0, 0.1) is 0 Å². The number of primary amides is 1. The molecule has 0 fully saturated rings. The number of carbonyl (C=O) groups excluding carboxylic acids is 2. The minimum Gasteiger partial charge on any atom is -0.396 e. The lowest BCUT2D eigenvalue weighted by atomic mass is 10.1. The first kappa shape index (κ1) is 14.6. The molecule has 0 atom stereocenters. The van der Waals surface area contributed by atoms with E-state index in [2.05, 4.69) is 10.4 Å². The van der Waals surface area contributed by atoms with Gasteiger partial charge in [-0.3, -0.25) is 9.59 Å². The molecule has 3 rings (SSSR count). The third-order valence-electron chi connectivity index (χ3n) is 3.65. The van der Waals surface area contributed by atoms with Gasteiger partial charge in [0, 0.05) is 24.4 Å². The maximum Gasteiger partial charge on any atom is 0.252 e. The van der Waals surface area contributed by atoms with E-state index in [4.69, 9.17) is 11.5 Å². The Balaban J connectivity index is 2.05. The second-order valence-corrected chi connectivity index (χ2v) is 5.05. The molecule has 0 aliphatic heterocycles. The third-order valence-corrected chi connectivity index (χ3v) is 3.65. The molecule has 2 amide bonds. The van der Waals surface area contributed by atoms with Crippen molar-refractivity contribution in [3.8, 4) is 11.1 Å². The Labute approximate surface area is 131 Å². The monoisotopic (exact) mass is 309 g/mol. The number of nitrogen functional groups attached to an aromatic ring is 1. The predicted octanol–water partition coefficient (Wildman–Crippen LogP) is 1.04. The molecular weight excluding hydrogens is 294 g/mol. The molecular formula is C16H15N5O2. The topological polar surface area (TPSA) is 116 Å². The fourth-order valence-electron chi connectivity index (χ4n) is 2.39. The van der Waals surface area contributed by atoms with Gasteiger partial charge in [0.15, 0.2) is 0 Å². The Hall–Kier alpha value is -3.35. The van der Waals surface area contributed by atoms with Crippen LogP contribution in [0.15, 0.2) is 42.7 Å². The molecule has 2 heterocycles. The Morgan fingerprint density at radius 3 is 2.48 bits per heavy atom. The number of rotatable bonds is 3. The molecule has 5 N–H and O–H groups in total. The maximum atomic E-state index is 11.6. The average molecular weight is 309 g/mol. The Bertz CT molecular complexity index is 912. The second kappa shape index (κ2) is 5.45. The summed E-state index contributed by atoms with van der Waals surface area (Å²) < 4.78 is 1.59. The maximum absolute atomic E-state index is 11.6. The van der Waals surface area contributed by atoms with Gasteiger partial charge in [-0.15, -0.1) is 0 Å². The highest BCUT2D eigenvalue weighted by Gasteiger charge is 2.13. The standard InChI is InChI=1S/C16H15N5O2/c1-19-16(23)10-4-2-9(3-5-10)11-6-13-14(17)12(15(18)22)7-20-21(13)8-11/h2-8H,17H2,1H3,(H2,18,22)(H,19,23). The minimum atomic E-state index is -0.616. The summed E-state index contributed by atoms with van der Waals surface area (Å²) in [6.45, 7) is 0. The van der Waals surface area contributed by atoms with Gasteiger partial charge >= 0.3 is 0 Å². The van der Waals surface area contributed by atoms with Crippen LogP contribution in [0.3, 0.4) is 0 Å². The first-order valence-corrected chi connectivity index (χ1v) is 6.90. The molecule has 0 saturated carbocycles. The molecule has 7 heteroatoms. The van der Waals surface area contributed by atoms with Crippen LogP contribution >= 0.6 is 0 Å². The van der Waals surface area contributed by atoms with E-state index in [-0.39, 0.29) is 11.5 Å². The molecule has 0 radical (unpaired) electrons. The van der Waals surface area contributed by atoms with Crippen molar-refractivity contribution >= 4 is 23.0 Å². The number of nitrogens with two attached hydrogens (primary N) is 2. The zero-order chi connectivity index (χ0) is 16.6. The van der Waals surface area contributed by atoms with Crippen LogP contribution in [0.5, 0.6) is 0 Å². The molecule has 0 bridgehead atoms. The Kier molecular flexibility index (Phi) is 3.46. The second-order valence-electron chi connectivity index (χ2n) is 5.05. The summed E-state index contributed by atoms with van der Waals surface area (Å²) in [5.74, 6) is -0.759. The third kappa shape index (κ3) is 2.48. The Morgan fingerprint density at radius 1 is 1.17 bits per heavy atom. The quantitative estimate of drug-likeness (QED) is 0.670. The van der Waals surface area contributed by atoms with Gasteiger partial charge in [-0.05, 0) is 23.8 Å². The van der Waals surface area contributed by atoms with Gasteiger partial charge in [0.05, 0.1) is 23.0 Å². The fourth-order valence-corrected chi connectivity index (χ4v) is 2.39. The van der Waals surface area contributed by atoms with Crippen LogP contribution in [0.2, 0.25) is 0 Å². The normalized spacial score (nSPS) is 10.7. The van der Waals surface area contributed by atoms with Gasteiger partial charge in [-0.25, -0.2) is 4.52 Å². The summed E-state index contributed by atoms with van der Waals surface area (Å²) in [6, 6.07) is 8.98. The van der Waals surface area contributed by atoms with Crippen molar-refractivity contribution in [3.05, 3.63) is 53.9 Å². The largest absolute Gasteiger partial charge is 0.396 e. The fraction of sp³-hybridized carbons (Fsp3) is 0.0625. The van der Waals surface area contributed by atoms with Crippen molar-refractivity contribution in [1.29, 1.82) is 0 Å². The SMILES string of the molecule is CNC(=O)c1ccc(-c2cc3c(N)c(C(N)=O)cnn3c2)cc1. The molecule has 2 aromatic heterocycles. The summed E-state index contributed by atoms with van der Waals surface area (Å²) in [5, 5.41) is 6.71. The van der Waals surface area contributed by atoms with E-state index in [1.54, 1.807) is 29.9 Å². The number of anilines is 1. The van der Waals surface area contributed by atoms with Crippen LogP contribution in [-0.2, 0) is 0 Å². The zero-order valence-electron chi connectivity index (χ0n) is 12.4. The van der Waals surface area contributed by atoms with E-state index in [1.165, 1.54) is 6.20 Å². The van der Waals surface area contributed by atoms with Gasteiger partial charge in [0.2, 0.25) is 0 Å². The number of hydrogen-bond acceptors (Lipinski definition) is 4. The summed E-state index contributed by atoms with van der Waals surface area (Å²) >= 11 is 0. The van der Waals surface area contributed by atoms with Crippen molar-refractivity contribution in [2.45, 2.75) is 0 Å². The van der Waals surface area contributed by atoms with Crippen LogP contribution in [-0.4, -0.2) is 28.5 Å². The number of carbonyl (C=O) groups is 2. The lowest BCUT2D eigenvalue weighted by molar-refractivity contribution is 0.0961. The summed E-state index contributed by atoms with van der Waals surface area (Å²) in [4.78, 5) is 22.9. The van der Waals surface area contributed by atoms with Gasteiger partial charge < -0.3 is 16.8 Å².